The quantitative estimate of drug-likeness (QED) is 0.362. The van der Waals surface area contributed by atoms with Crippen molar-refractivity contribution in [1.82, 2.24) is 34.8 Å². The number of aromatic nitrogens is 6. The number of amides is 2. The lowest BCUT2D eigenvalue weighted by molar-refractivity contribution is 0.0196. The van der Waals surface area contributed by atoms with E-state index in [0.717, 1.165) is 5.56 Å². The van der Waals surface area contributed by atoms with Crippen molar-refractivity contribution in [3.05, 3.63) is 65.2 Å². The van der Waals surface area contributed by atoms with Gasteiger partial charge in [-0.1, -0.05) is 16.8 Å². The molecule has 39 heavy (non-hydrogen) atoms. The molecule has 0 spiro atoms. The van der Waals surface area contributed by atoms with Crippen molar-refractivity contribution >= 4 is 40.6 Å². The third-order valence-electron chi connectivity index (χ3n) is 6.24. The van der Waals surface area contributed by atoms with Crippen molar-refractivity contribution in [2.24, 2.45) is 0 Å². The van der Waals surface area contributed by atoms with Crippen LogP contribution in [-0.2, 0) is 4.74 Å². The van der Waals surface area contributed by atoms with E-state index in [1.165, 1.54) is 4.90 Å². The van der Waals surface area contributed by atoms with Gasteiger partial charge in [0.2, 0.25) is 0 Å². The molecule has 0 radical (unpaired) electrons. The standard InChI is InChI=1S/C27H29ClN8O3/c1-17-13-22-24(31-14-17)36(33-32-22)18-9-10-21(30-15-18)25(37)35(23-20(28)8-5-11-29-23)19-7-6-12-34(16-19)26(38)39-27(2,3)4/h5,8-11,13-15,19H,6-7,12,16H2,1-4H3/t19-/m1/s1. The highest BCUT2D eigenvalue weighted by atomic mass is 35.5. The van der Waals surface area contributed by atoms with E-state index in [9.17, 15) is 9.59 Å². The number of likely N-dealkylation sites (tertiary alicyclic amines) is 1. The molecule has 1 fully saturated rings. The van der Waals surface area contributed by atoms with Crippen LogP contribution in [0.4, 0.5) is 10.6 Å². The molecular weight excluding hydrogens is 520 g/mol. The normalized spacial score (nSPS) is 15.8. The summed E-state index contributed by atoms with van der Waals surface area (Å²) in [5.74, 6) is -0.0664. The third kappa shape index (κ3) is 5.68. The molecule has 1 aliphatic heterocycles. The van der Waals surface area contributed by atoms with Crippen LogP contribution in [0.2, 0.25) is 5.02 Å². The molecule has 11 nitrogen and oxygen atoms in total. The second kappa shape index (κ2) is 10.6. The summed E-state index contributed by atoms with van der Waals surface area (Å²) in [6, 6.07) is 8.27. The smallest absolute Gasteiger partial charge is 0.410 e. The van der Waals surface area contributed by atoms with Crippen LogP contribution in [0.3, 0.4) is 0 Å². The fourth-order valence-corrected chi connectivity index (χ4v) is 4.71. The zero-order valence-electron chi connectivity index (χ0n) is 22.2. The Hall–Kier alpha value is -4.12. The van der Waals surface area contributed by atoms with Crippen LogP contribution in [0, 0.1) is 6.92 Å². The first kappa shape index (κ1) is 26.5. The van der Waals surface area contributed by atoms with Gasteiger partial charge in [-0.05, 0) is 76.4 Å². The highest BCUT2D eigenvalue weighted by Gasteiger charge is 2.35. The highest BCUT2D eigenvalue weighted by molar-refractivity contribution is 6.33. The Morgan fingerprint density at radius 2 is 1.95 bits per heavy atom. The number of hydrogen-bond acceptors (Lipinski definition) is 8. The topological polar surface area (TPSA) is 119 Å². The molecule has 202 valence electrons. The number of carbonyl (C=O) groups excluding carboxylic acids is 2. The average molecular weight is 549 g/mol. The number of piperidine rings is 1. The number of hydrogen-bond donors (Lipinski definition) is 0. The number of rotatable bonds is 4. The maximum atomic E-state index is 13.9. The van der Waals surface area contributed by atoms with Gasteiger partial charge in [0.05, 0.1) is 22.9 Å². The predicted octanol–water partition coefficient (Wildman–Crippen LogP) is 4.61. The molecule has 0 saturated carbocycles. The van der Waals surface area contributed by atoms with Gasteiger partial charge < -0.3 is 9.64 Å². The number of fused-ring (bicyclic) bond motifs is 1. The minimum atomic E-state index is -0.626. The Kier molecular flexibility index (Phi) is 7.17. The summed E-state index contributed by atoms with van der Waals surface area (Å²) in [5.41, 5.74) is 2.42. The van der Waals surface area contributed by atoms with E-state index in [-0.39, 0.29) is 24.2 Å². The molecule has 0 bridgehead atoms. The average Bonchev–Trinajstić information content (AvgIpc) is 3.32. The van der Waals surface area contributed by atoms with Gasteiger partial charge >= 0.3 is 6.09 Å². The van der Waals surface area contributed by atoms with E-state index in [4.69, 9.17) is 16.3 Å². The zero-order chi connectivity index (χ0) is 27.7. The molecule has 0 N–H and O–H groups in total. The third-order valence-corrected chi connectivity index (χ3v) is 6.53. The van der Waals surface area contributed by atoms with Gasteiger partial charge in [-0.15, -0.1) is 5.10 Å². The monoisotopic (exact) mass is 548 g/mol. The largest absolute Gasteiger partial charge is 0.444 e. The molecular formula is C27H29ClN8O3. The van der Waals surface area contributed by atoms with Crippen molar-refractivity contribution in [2.45, 2.75) is 52.2 Å². The van der Waals surface area contributed by atoms with E-state index < -0.39 is 11.7 Å². The Morgan fingerprint density at radius 1 is 1.13 bits per heavy atom. The predicted molar refractivity (Wildman–Crippen MR) is 146 cm³/mol. The van der Waals surface area contributed by atoms with E-state index in [1.807, 2.05) is 33.8 Å². The molecule has 0 aromatic carbocycles. The summed E-state index contributed by atoms with van der Waals surface area (Å²) in [5, 5.41) is 8.70. The molecule has 1 atom stereocenters. The van der Waals surface area contributed by atoms with E-state index in [1.54, 1.807) is 52.4 Å². The van der Waals surface area contributed by atoms with E-state index >= 15 is 0 Å². The SMILES string of the molecule is Cc1cnc2c(c1)nnn2-c1ccc(C(=O)N(c2ncccc2Cl)[C@@H]2CCCN(C(=O)OC(C)(C)C)C2)nc1. The maximum absolute atomic E-state index is 13.9. The summed E-state index contributed by atoms with van der Waals surface area (Å²) in [6.45, 7) is 8.22. The summed E-state index contributed by atoms with van der Waals surface area (Å²) in [6.07, 6.45) is 5.80. The minimum absolute atomic E-state index is 0.197. The summed E-state index contributed by atoms with van der Waals surface area (Å²) in [7, 11) is 0. The number of anilines is 1. The second-order valence-corrected chi connectivity index (χ2v) is 10.9. The Balaban J connectivity index is 1.44. The van der Waals surface area contributed by atoms with Crippen LogP contribution in [0.25, 0.3) is 16.9 Å². The molecule has 2 amide bonds. The molecule has 5 heterocycles. The summed E-state index contributed by atoms with van der Waals surface area (Å²) in [4.78, 5) is 43.2. The van der Waals surface area contributed by atoms with E-state index in [2.05, 4.69) is 25.3 Å². The summed E-state index contributed by atoms with van der Waals surface area (Å²) >= 11 is 6.51. The number of pyridine rings is 3. The van der Waals surface area contributed by atoms with Crippen LogP contribution in [0.5, 0.6) is 0 Å². The molecule has 4 aromatic rings. The van der Waals surface area contributed by atoms with Gasteiger partial charge in [-0.3, -0.25) is 9.69 Å². The van der Waals surface area contributed by atoms with Gasteiger partial charge in [0.1, 0.15) is 16.8 Å². The lowest BCUT2D eigenvalue weighted by Gasteiger charge is -2.39. The lowest BCUT2D eigenvalue weighted by atomic mass is 10.0. The van der Waals surface area contributed by atoms with Crippen LogP contribution in [-0.4, -0.2) is 71.6 Å². The van der Waals surface area contributed by atoms with Gasteiger partial charge in [-0.25, -0.2) is 19.7 Å². The minimum Gasteiger partial charge on any atom is -0.444 e. The van der Waals surface area contributed by atoms with E-state index in [0.29, 0.717) is 47.1 Å². The Labute approximate surface area is 230 Å². The van der Waals surface area contributed by atoms with Crippen LogP contribution >= 0.6 is 11.6 Å². The number of ether oxygens (including phenoxy) is 1. The second-order valence-electron chi connectivity index (χ2n) is 10.5. The van der Waals surface area contributed by atoms with Crippen molar-refractivity contribution < 1.29 is 14.3 Å². The molecule has 1 aliphatic rings. The Bertz CT molecular complexity index is 1520. The molecule has 0 unspecified atom stereocenters. The first-order valence-electron chi connectivity index (χ1n) is 12.7. The van der Waals surface area contributed by atoms with Crippen molar-refractivity contribution in [3.63, 3.8) is 0 Å². The van der Waals surface area contributed by atoms with Crippen LogP contribution < -0.4 is 4.90 Å². The number of carbonyl (C=O) groups is 2. The molecule has 4 aromatic heterocycles. The zero-order valence-corrected chi connectivity index (χ0v) is 23.0. The van der Waals surface area contributed by atoms with Crippen molar-refractivity contribution in [2.75, 3.05) is 18.0 Å². The van der Waals surface area contributed by atoms with Crippen LogP contribution in [0.1, 0.15) is 49.7 Å². The van der Waals surface area contributed by atoms with Crippen molar-refractivity contribution in [1.29, 1.82) is 0 Å². The number of nitrogens with zero attached hydrogens (tertiary/aromatic N) is 8. The molecule has 1 saturated heterocycles. The van der Waals surface area contributed by atoms with Gasteiger partial charge in [0, 0.05) is 25.5 Å². The van der Waals surface area contributed by atoms with Gasteiger partial charge in [0.15, 0.2) is 11.5 Å². The first-order valence-corrected chi connectivity index (χ1v) is 13.0. The lowest BCUT2D eigenvalue weighted by Crippen LogP contribution is -2.53. The Morgan fingerprint density at radius 3 is 2.67 bits per heavy atom. The molecule has 12 heteroatoms. The molecule has 0 aliphatic carbocycles. The number of aryl methyl sites for hydroxylation is 1. The molecule has 5 rings (SSSR count). The maximum Gasteiger partial charge on any atom is 0.410 e. The summed E-state index contributed by atoms with van der Waals surface area (Å²) < 4.78 is 7.15. The highest BCUT2D eigenvalue weighted by Crippen LogP contribution is 2.30. The van der Waals surface area contributed by atoms with Crippen LogP contribution in [0.15, 0.2) is 48.9 Å². The van der Waals surface area contributed by atoms with Gasteiger partial charge in [0.25, 0.3) is 5.91 Å². The fraction of sp³-hybridized carbons (Fsp3) is 0.370. The van der Waals surface area contributed by atoms with Gasteiger partial charge in [-0.2, -0.15) is 4.68 Å². The van der Waals surface area contributed by atoms with Crippen molar-refractivity contribution in [3.8, 4) is 5.69 Å². The first-order chi connectivity index (χ1) is 18.6. The fourth-order valence-electron chi connectivity index (χ4n) is 4.50. The number of halogens is 1.